The summed E-state index contributed by atoms with van der Waals surface area (Å²) in [5.74, 6) is -0.366. The Labute approximate surface area is 210 Å². The molecule has 1 aliphatic carbocycles. The highest BCUT2D eigenvalue weighted by atomic mass is 19.1. The average Bonchev–Trinajstić information content (AvgIpc) is 2.91. The topological polar surface area (TPSA) is 58.6 Å². The van der Waals surface area contributed by atoms with E-state index in [4.69, 9.17) is 4.74 Å². The van der Waals surface area contributed by atoms with Crippen molar-refractivity contribution in [3.8, 4) is 0 Å². The third kappa shape index (κ3) is 5.48. The average molecular weight is 485 g/mol. The fourth-order valence-corrected chi connectivity index (χ4v) is 4.96. The van der Waals surface area contributed by atoms with Crippen LogP contribution < -0.4 is 5.32 Å². The number of benzene rings is 3. The van der Waals surface area contributed by atoms with Gasteiger partial charge in [0.05, 0.1) is 6.04 Å². The van der Waals surface area contributed by atoms with E-state index in [-0.39, 0.29) is 35.5 Å². The molecule has 2 atom stereocenters. The molecule has 0 spiro atoms. The van der Waals surface area contributed by atoms with Gasteiger partial charge in [-0.2, -0.15) is 0 Å². The van der Waals surface area contributed by atoms with Gasteiger partial charge in [-0.1, -0.05) is 61.0 Å². The summed E-state index contributed by atoms with van der Waals surface area (Å²) in [7, 11) is 0. The number of morpholine rings is 1. The van der Waals surface area contributed by atoms with Gasteiger partial charge < -0.3 is 15.0 Å². The van der Waals surface area contributed by atoms with Crippen molar-refractivity contribution < 1.29 is 18.7 Å². The van der Waals surface area contributed by atoms with Crippen LogP contribution in [0.1, 0.15) is 52.7 Å². The molecule has 0 bridgehead atoms. The number of carbonyl (C=O) groups excluding carboxylic acids is 2. The quantitative estimate of drug-likeness (QED) is 0.472. The van der Waals surface area contributed by atoms with Gasteiger partial charge in [-0.25, -0.2) is 4.39 Å². The lowest BCUT2D eigenvalue weighted by molar-refractivity contribution is -0.149. The second-order valence-electron chi connectivity index (χ2n) is 9.37. The van der Waals surface area contributed by atoms with Crippen molar-refractivity contribution in [2.75, 3.05) is 0 Å². The van der Waals surface area contributed by atoms with Crippen LogP contribution in [0, 0.1) is 5.82 Å². The van der Waals surface area contributed by atoms with E-state index in [0.29, 0.717) is 18.7 Å². The van der Waals surface area contributed by atoms with Crippen LogP contribution in [0.15, 0.2) is 84.6 Å². The summed E-state index contributed by atoms with van der Waals surface area (Å²) in [6.07, 6.45) is 5.53. The minimum atomic E-state index is -0.308. The van der Waals surface area contributed by atoms with Crippen LogP contribution in [-0.4, -0.2) is 28.9 Å². The lowest BCUT2D eigenvalue weighted by atomic mass is 9.89. The number of fused-ring (bicyclic) bond motifs is 1. The fraction of sp³-hybridized carbons (Fsp3) is 0.267. The summed E-state index contributed by atoms with van der Waals surface area (Å²) in [4.78, 5) is 27.8. The molecule has 2 fully saturated rings. The summed E-state index contributed by atoms with van der Waals surface area (Å²) in [5.41, 5.74) is 3.12. The molecule has 3 aromatic rings. The van der Waals surface area contributed by atoms with E-state index in [2.05, 4.69) is 5.32 Å². The van der Waals surface area contributed by atoms with E-state index in [1.54, 1.807) is 24.3 Å². The Morgan fingerprint density at radius 1 is 0.972 bits per heavy atom. The minimum Gasteiger partial charge on any atom is -0.482 e. The first-order valence-electron chi connectivity index (χ1n) is 12.4. The zero-order valence-corrected chi connectivity index (χ0v) is 20.0. The van der Waals surface area contributed by atoms with E-state index in [0.717, 1.165) is 42.4 Å². The van der Waals surface area contributed by atoms with E-state index >= 15 is 0 Å². The Kier molecular flexibility index (Phi) is 7.12. The number of nitrogens with zero attached hydrogens (tertiary/aromatic N) is 1. The number of hydrogen-bond donors (Lipinski definition) is 1. The van der Waals surface area contributed by atoms with Crippen LogP contribution in [-0.2, 0) is 22.6 Å². The second kappa shape index (κ2) is 10.8. The fourth-order valence-electron chi connectivity index (χ4n) is 4.96. The summed E-state index contributed by atoms with van der Waals surface area (Å²) in [5, 5.41) is 2.92. The molecule has 5 nitrogen and oxygen atoms in total. The van der Waals surface area contributed by atoms with Crippen molar-refractivity contribution in [3.05, 3.63) is 113 Å². The first kappa shape index (κ1) is 23.8. The van der Waals surface area contributed by atoms with E-state index in [1.165, 1.54) is 12.1 Å². The Morgan fingerprint density at radius 3 is 2.50 bits per heavy atom. The van der Waals surface area contributed by atoms with Crippen molar-refractivity contribution >= 4 is 17.9 Å². The molecule has 2 amide bonds. The molecule has 3 aromatic carbocycles. The van der Waals surface area contributed by atoms with E-state index < -0.39 is 0 Å². The predicted octanol–water partition coefficient (Wildman–Crippen LogP) is 5.47. The highest BCUT2D eigenvalue weighted by Crippen LogP contribution is 2.34. The standard InChI is InChI=1S/C30H29FN2O3/c31-25-10-6-9-23(17-25)20-33-26-11-4-5-12-27(26)36-28(30(33)35)18-21-13-15-24(16-14-21)29(34)32-19-22-7-2-1-3-8-22/h1-3,6-10,13-18,26-27H,4-5,11-12,19-20H2,(H,32,34)/b28-18-. The molecule has 5 rings (SSSR count). The largest absolute Gasteiger partial charge is 0.482 e. The van der Waals surface area contributed by atoms with Gasteiger partial charge in [-0.3, -0.25) is 9.59 Å². The third-order valence-electron chi connectivity index (χ3n) is 6.83. The summed E-state index contributed by atoms with van der Waals surface area (Å²) in [6.45, 7) is 0.802. The van der Waals surface area contributed by atoms with E-state index in [9.17, 15) is 14.0 Å². The van der Waals surface area contributed by atoms with Crippen LogP contribution in [0.4, 0.5) is 4.39 Å². The smallest absolute Gasteiger partial charge is 0.289 e. The van der Waals surface area contributed by atoms with Crippen molar-refractivity contribution in [2.24, 2.45) is 0 Å². The number of nitrogens with one attached hydrogen (secondary N) is 1. The van der Waals surface area contributed by atoms with Crippen molar-refractivity contribution in [1.29, 1.82) is 0 Å². The van der Waals surface area contributed by atoms with Crippen LogP contribution in [0.5, 0.6) is 0 Å². The van der Waals surface area contributed by atoms with Crippen LogP contribution in [0.25, 0.3) is 6.08 Å². The van der Waals surface area contributed by atoms with Crippen LogP contribution in [0.3, 0.4) is 0 Å². The Hall–Kier alpha value is -3.93. The SMILES string of the molecule is O=C(NCc1ccccc1)c1ccc(/C=C2\OC3CCCCC3N(Cc3cccc(F)c3)C2=O)cc1. The molecular formula is C30H29FN2O3. The maximum absolute atomic E-state index is 13.8. The Balaban J connectivity index is 1.31. The van der Waals surface area contributed by atoms with Crippen molar-refractivity contribution in [1.82, 2.24) is 10.2 Å². The van der Waals surface area contributed by atoms with Crippen molar-refractivity contribution in [2.45, 2.75) is 50.9 Å². The Morgan fingerprint density at radius 2 is 1.72 bits per heavy atom. The van der Waals surface area contributed by atoms with Crippen LogP contribution >= 0.6 is 0 Å². The zero-order valence-electron chi connectivity index (χ0n) is 20.0. The highest BCUT2D eigenvalue weighted by Gasteiger charge is 2.41. The van der Waals surface area contributed by atoms with Gasteiger partial charge in [0, 0.05) is 18.7 Å². The van der Waals surface area contributed by atoms with Crippen LogP contribution in [0.2, 0.25) is 0 Å². The maximum Gasteiger partial charge on any atom is 0.289 e. The maximum atomic E-state index is 13.8. The molecular weight excluding hydrogens is 455 g/mol. The van der Waals surface area contributed by atoms with Crippen molar-refractivity contribution in [3.63, 3.8) is 0 Å². The molecule has 0 aromatic heterocycles. The molecule has 0 radical (unpaired) electrons. The summed E-state index contributed by atoms with van der Waals surface area (Å²) >= 11 is 0. The number of ether oxygens (including phenoxy) is 1. The lowest BCUT2D eigenvalue weighted by Gasteiger charge is -2.44. The lowest BCUT2D eigenvalue weighted by Crippen LogP contribution is -2.54. The van der Waals surface area contributed by atoms with Gasteiger partial charge >= 0.3 is 0 Å². The third-order valence-corrected chi connectivity index (χ3v) is 6.83. The second-order valence-corrected chi connectivity index (χ2v) is 9.37. The number of halogens is 1. The molecule has 2 aliphatic rings. The molecule has 1 aliphatic heterocycles. The van der Waals surface area contributed by atoms with Gasteiger partial charge in [0.1, 0.15) is 11.9 Å². The minimum absolute atomic E-state index is 0.0117. The van der Waals surface area contributed by atoms with Gasteiger partial charge in [0.25, 0.3) is 11.8 Å². The first-order chi connectivity index (χ1) is 17.6. The number of rotatable bonds is 6. The van der Waals surface area contributed by atoms with E-state index in [1.807, 2.05) is 53.4 Å². The normalized spacial score (nSPS) is 20.5. The molecule has 36 heavy (non-hydrogen) atoms. The zero-order chi connectivity index (χ0) is 24.9. The number of amides is 2. The molecule has 2 unspecified atom stereocenters. The molecule has 1 saturated heterocycles. The molecule has 1 heterocycles. The van der Waals surface area contributed by atoms with Gasteiger partial charge in [-0.05, 0) is 66.3 Å². The first-order valence-corrected chi connectivity index (χ1v) is 12.4. The van der Waals surface area contributed by atoms with Gasteiger partial charge in [-0.15, -0.1) is 0 Å². The number of carbonyl (C=O) groups is 2. The Bertz CT molecular complexity index is 1260. The van der Waals surface area contributed by atoms with Gasteiger partial charge in [0.15, 0.2) is 5.76 Å². The summed E-state index contributed by atoms with van der Waals surface area (Å²) < 4.78 is 20.0. The molecule has 6 heteroatoms. The number of hydrogen-bond acceptors (Lipinski definition) is 3. The highest BCUT2D eigenvalue weighted by molar-refractivity contribution is 5.97. The predicted molar refractivity (Wildman–Crippen MR) is 136 cm³/mol. The summed E-state index contributed by atoms with van der Waals surface area (Å²) in [6, 6.07) is 23.2. The molecule has 184 valence electrons. The molecule has 1 N–H and O–H groups in total. The van der Waals surface area contributed by atoms with Gasteiger partial charge in [0.2, 0.25) is 0 Å². The molecule has 1 saturated carbocycles. The monoisotopic (exact) mass is 484 g/mol.